The maximum absolute atomic E-state index is 5.84. The SMILES string of the molecule is COc1ccc(OC)c(OCCOc2nccnc2N2CCN(C)CC2)c1. The number of likely N-dealkylation sites (N-methyl/N-ethyl adjacent to an activating group) is 1. The predicted octanol–water partition coefficient (Wildman–Crippen LogP) is 1.70. The van der Waals surface area contributed by atoms with Gasteiger partial charge in [-0.15, -0.1) is 0 Å². The van der Waals surface area contributed by atoms with Crippen LogP contribution in [-0.4, -0.2) is 75.5 Å². The Balaban J connectivity index is 1.57. The topological polar surface area (TPSA) is 69.2 Å². The van der Waals surface area contributed by atoms with E-state index in [1.165, 1.54) is 0 Å². The van der Waals surface area contributed by atoms with Crippen LogP contribution in [0, 0.1) is 0 Å². The van der Waals surface area contributed by atoms with Gasteiger partial charge in [0.15, 0.2) is 17.3 Å². The third-order valence-electron chi connectivity index (χ3n) is 4.40. The molecule has 1 aromatic carbocycles. The van der Waals surface area contributed by atoms with Crippen LogP contribution in [0.1, 0.15) is 0 Å². The number of methoxy groups -OCH3 is 2. The van der Waals surface area contributed by atoms with Crippen LogP contribution in [0.2, 0.25) is 0 Å². The standard InChI is InChI=1S/C19H26N4O4/c1-22-8-10-23(11-9-22)18-19(21-7-6-20-18)27-13-12-26-17-14-15(24-2)4-5-16(17)25-3/h4-7,14H,8-13H2,1-3H3. The summed E-state index contributed by atoms with van der Waals surface area (Å²) < 4.78 is 22.2. The Morgan fingerprint density at radius 3 is 2.37 bits per heavy atom. The second-order valence-corrected chi connectivity index (χ2v) is 6.19. The fourth-order valence-corrected chi connectivity index (χ4v) is 2.84. The molecule has 1 aliphatic rings. The number of benzene rings is 1. The minimum Gasteiger partial charge on any atom is -0.497 e. The van der Waals surface area contributed by atoms with Crippen LogP contribution < -0.4 is 23.8 Å². The number of ether oxygens (including phenoxy) is 4. The highest BCUT2D eigenvalue weighted by Gasteiger charge is 2.19. The van der Waals surface area contributed by atoms with E-state index in [1.807, 2.05) is 12.1 Å². The van der Waals surface area contributed by atoms with Crippen molar-refractivity contribution in [1.29, 1.82) is 0 Å². The third kappa shape index (κ3) is 4.91. The van der Waals surface area contributed by atoms with Crippen LogP contribution in [0.25, 0.3) is 0 Å². The molecule has 3 rings (SSSR count). The summed E-state index contributed by atoms with van der Waals surface area (Å²) in [6.07, 6.45) is 3.33. The van der Waals surface area contributed by atoms with Crippen molar-refractivity contribution in [1.82, 2.24) is 14.9 Å². The summed E-state index contributed by atoms with van der Waals surface area (Å²) in [5, 5.41) is 0. The van der Waals surface area contributed by atoms with Crippen molar-refractivity contribution in [2.24, 2.45) is 0 Å². The highest BCUT2D eigenvalue weighted by Crippen LogP contribution is 2.31. The Morgan fingerprint density at radius 2 is 1.63 bits per heavy atom. The van der Waals surface area contributed by atoms with E-state index in [0.717, 1.165) is 32.0 Å². The summed E-state index contributed by atoms with van der Waals surface area (Å²) in [4.78, 5) is 13.3. The summed E-state index contributed by atoms with van der Waals surface area (Å²) in [5.41, 5.74) is 0. The minimum absolute atomic E-state index is 0.347. The number of hydrogen-bond donors (Lipinski definition) is 0. The minimum atomic E-state index is 0.347. The smallest absolute Gasteiger partial charge is 0.257 e. The second-order valence-electron chi connectivity index (χ2n) is 6.19. The average Bonchev–Trinajstić information content (AvgIpc) is 2.72. The van der Waals surface area contributed by atoms with E-state index in [-0.39, 0.29) is 0 Å². The zero-order valence-corrected chi connectivity index (χ0v) is 16.1. The van der Waals surface area contributed by atoms with Crippen LogP contribution in [0.15, 0.2) is 30.6 Å². The molecule has 0 saturated carbocycles. The van der Waals surface area contributed by atoms with E-state index in [9.17, 15) is 0 Å². The zero-order chi connectivity index (χ0) is 19.1. The Hall–Kier alpha value is -2.74. The van der Waals surface area contributed by atoms with Crippen LogP contribution in [0.4, 0.5) is 5.82 Å². The number of nitrogens with zero attached hydrogens (tertiary/aromatic N) is 4. The molecule has 27 heavy (non-hydrogen) atoms. The summed E-state index contributed by atoms with van der Waals surface area (Å²) in [5.74, 6) is 3.28. The fourth-order valence-electron chi connectivity index (χ4n) is 2.84. The molecule has 0 bridgehead atoms. The van der Waals surface area contributed by atoms with Crippen molar-refractivity contribution < 1.29 is 18.9 Å². The molecule has 8 nitrogen and oxygen atoms in total. The van der Waals surface area contributed by atoms with E-state index in [4.69, 9.17) is 18.9 Å². The van der Waals surface area contributed by atoms with Crippen LogP contribution >= 0.6 is 0 Å². The van der Waals surface area contributed by atoms with Gasteiger partial charge >= 0.3 is 0 Å². The Kier molecular flexibility index (Phi) is 6.54. The zero-order valence-electron chi connectivity index (χ0n) is 16.1. The molecule has 0 unspecified atom stereocenters. The lowest BCUT2D eigenvalue weighted by atomic mass is 10.3. The van der Waals surface area contributed by atoms with Gasteiger partial charge in [0.2, 0.25) is 0 Å². The summed E-state index contributed by atoms with van der Waals surface area (Å²) in [6.45, 7) is 4.50. The molecule has 0 amide bonds. The second kappa shape index (κ2) is 9.27. The first-order valence-electron chi connectivity index (χ1n) is 8.93. The number of aromatic nitrogens is 2. The van der Waals surface area contributed by atoms with Crippen molar-refractivity contribution >= 4 is 5.82 Å². The molecule has 2 aromatic rings. The third-order valence-corrected chi connectivity index (χ3v) is 4.40. The van der Waals surface area contributed by atoms with E-state index in [0.29, 0.717) is 36.3 Å². The summed E-state index contributed by atoms with van der Waals surface area (Å²) >= 11 is 0. The van der Waals surface area contributed by atoms with Gasteiger partial charge in [0.25, 0.3) is 5.88 Å². The van der Waals surface area contributed by atoms with E-state index in [2.05, 4.69) is 26.8 Å². The molecule has 1 saturated heterocycles. The van der Waals surface area contributed by atoms with Crippen molar-refractivity contribution in [3.05, 3.63) is 30.6 Å². The largest absolute Gasteiger partial charge is 0.497 e. The first kappa shape index (κ1) is 19.0. The van der Waals surface area contributed by atoms with Gasteiger partial charge in [-0.2, -0.15) is 0 Å². The Morgan fingerprint density at radius 1 is 0.889 bits per heavy atom. The Bertz CT molecular complexity index is 735. The molecular formula is C19H26N4O4. The highest BCUT2D eigenvalue weighted by molar-refractivity contribution is 5.48. The summed E-state index contributed by atoms with van der Waals surface area (Å²) in [6, 6.07) is 5.42. The van der Waals surface area contributed by atoms with Crippen molar-refractivity contribution in [3.8, 4) is 23.1 Å². The van der Waals surface area contributed by atoms with Gasteiger partial charge < -0.3 is 28.7 Å². The molecule has 0 aliphatic carbocycles. The van der Waals surface area contributed by atoms with Gasteiger partial charge in [-0.1, -0.05) is 0 Å². The quantitative estimate of drug-likeness (QED) is 0.647. The maximum atomic E-state index is 5.84. The monoisotopic (exact) mass is 374 g/mol. The van der Waals surface area contributed by atoms with E-state index in [1.54, 1.807) is 32.7 Å². The maximum Gasteiger partial charge on any atom is 0.257 e. The fraction of sp³-hybridized carbons (Fsp3) is 0.474. The lowest BCUT2D eigenvalue weighted by molar-refractivity contribution is 0.205. The van der Waals surface area contributed by atoms with Gasteiger partial charge in [-0.05, 0) is 19.2 Å². The number of anilines is 1. The lowest BCUT2D eigenvalue weighted by Crippen LogP contribution is -2.45. The first-order valence-corrected chi connectivity index (χ1v) is 8.93. The normalized spacial score (nSPS) is 14.7. The average molecular weight is 374 g/mol. The molecule has 0 spiro atoms. The molecule has 1 aromatic heterocycles. The molecule has 8 heteroatoms. The van der Waals surface area contributed by atoms with E-state index >= 15 is 0 Å². The van der Waals surface area contributed by atoms with Gasteiger partial charge in [0, 0.05) is 44.6 Å². The molecule has 146 valence electrons. The van der Waals surface area contributed by atoms with Crippen LogP contribution in [0.5, 0.6) is 23.1 Å². The van der Waals surface area contributed by atoms with Gasteiger partial charge in [-0.3, -0.25) is 0 Å². The molecule has 0 N–H and O–H groups in total. The number of hydrogen-bond acceptors (Lipinski definition) is 8. The summed E-state index contributed by atoms with van der Waals surface area (Å²) in [7, 11) is 5.34. The molecule has 0 atom stereocenters. The highest BCUT2D eigenvalue weighted by atomic mass is 16.5. The molecule has 0 radical (unpaired) electrons. The molecule has 1 aliphatic heterocycles. The number of piperazine rings is 1. The van der Waals surface area contributed by atoms with Crippen molar-refractivity contribution in [3.63, 3.8) is 0 Å². The first-order chi connectivity index (χ1) is 13.2. The van der Waals surface area contributed by atoms with Crippen LogP contribution in [0.3, 0.4) is 0 Å². The van der Waals surface area contributed by atoms with Gasteiger partial charge in [0.1, 0.15) is 19.0 Å². The van der Waals surface area contributed by atoms with Crippen LogP contribution in [-0.2, 0) is 0 Å². The Labute approximate surface area is 159 Å². The van der Waals surface area contributed by atoms with Gasteiger partial charge in [-0.25, -0.2) is 9.97 Å². The predicted molar refractivity (Wildman–Crippen MR) is 102 cm³/mol. The lowest BCUT2D eigenvalue weighted by Gasteiger charge is -2.33. The van der Waals surface area contributed by atoms with Crippen molar-refractivity contribution in [2.75, 3.05) is 65.6 Å². The molecular weight excluding hydrogens is 348 g/mol. The number of rotatable bonds is 8. The van der Waals surface area contributed by atoms with E-state index < -0.39 is 0 Å². The molecule has 1 fully saturated rings. The molecule has 2 heterocycles. The van der Waals surface area contributed by atoms with Gasteiger partial charge in [0.05, 0.1) is 14.2 Å². The van der Waals surface area contributed by atoms with Crippen molar-refractivity contribution in [2.45, 2.75) is 0 Å².